The summed E-state index contributed by atoms with van der Waals surface area (Å²) in [6.45, 7) is 8.99. The number of halogens is 3. The molecule has 35 heavy (non-hydrogen) atoms. The van der Waals surface area contributed by atoms with Crippen molar-refractivity contribution in [1.29, 1.82) is 0 Å². The quantitative estimate of drug-likeness (QED) is 0.706. The molecule has 6 rings (SSSR count). The van der Waals surface area contributed by atoms with Crippen molar-refractivity contribution in [1.82, 2.24) is 24.6 Å². The number of aromatic nitrogens is 3. The van der Waals surface area contributed by atoms with Gasteiger partial charge in [-0.25, -0.2) is 4.98 Å². The summed E-state index contributed by atoms with van der Waals surface area (Å²) in [4.78, 5) is 8.75. The average Bonchev–Trinajstić information content (AvgIpc) is 3.12. The number of nitrogens with two attached hydrogens (primary N) is 1. The van der Waals surface area contributed by atoms with Gasteiger partial charge in [0.2, 0.25) is 0 Å². The number of pyridine rings is 1. The third-order valence-electron chi connectivity index (χ3n) is 8.47. The zero-order valence-electron chi connectivity index (χ0n) is 20.4. The predicted molar refractivity (Wildman–Crippen MR) is 126 cm³/mol. The Labute approximate surface area is 203 Å². The molecule has 2 saturated heterocycles. The van der Waals surface area contributed by atoms with Crippen LogP contribution >= 0.6 is 0 Å². The van der Waals surface area contributed by atoms with Gasteiger partial charge in [-0.15, -0.1) is 0 Å². The van der Waals surface area contributed by atoms with Crippen LogP contribution in [-0.2, 0) is 10.9 Å². The van der Waals surface area contributed by atoms with E-state index in [9.17, 15) is 13.2 Å². The first kappa shape index (κ1) is 23.2. The molecule has 0 radical (unpaired) electrons. The van der Waals surface area contributed by atoms with E-state index in [2.05, 4.69) is 35.7 Å². The number of alkyl halides is 3. The lowest BCUT2D eigenvalue weighted by molar-refractivity contribution is -0.190. The summed E-state index contributed by atoms with van der Waals surface area (Å²) < 4.78 is 48.2. The Morgan fingerprint density at radius 3 is 2.49 bits per heavy atom. The molecule has 10 heteroatoms. The Bertz CT molecular complexity index is 1110. The van der Waals surface area contributed by atoms with Gasteiger partial charge in [0.1, 0.15) is 11.4 Å². The van der Waals surface area contributed by atoms with Gasteiger partial charge in [0.15, 0.2) is 0 Å². The molecule has 7 nitrogen and oxygen atoms in total. The molecule has 2 N–H and O–H groups in total. The fourth-order valence-electron chi connectivity index (χ4n) is 6.78. The Hall–Kier alpha value is -2.17. The van der Waals surface area contributed by atoms with Crippen molar-refractivity contribution >= 4 is 5.82 Å². The van der Waals surface area contributed by atoms with Gasteiger partial charge in [0.05, 0.1) is 17.9 Å². The normalized spacial score (nSPS) is 30.6. The Balaban J connectivity index is 1.16. The predicted octanol–water partition coefficient (Wildman–Crippen LogP) is 3.64. The van der Waals surface area contributed by atoms with Crippen LogP contribution in [0.1, 0.15) is 49.9 Å². The van der Waals surface area contributed by atoms with Gasteiger partial charge < -0.3 is 15.4 Å². The smallest absolute Gasteiger partial charge is 0.383 e. The van der Waals surface area contributed by atoms with Crippen LogP contribution in [0.5, 0.6) is 0 Å². The van der Waals surface area contributed by atoms with Crippen LogP contribution in [0.3, 0.4) is 0 Å². The number of likely N-dealkylation sites (N-methyl/N-ethyl adjacent to an activating group) is 1. The molecule has 4 atom stereocenters. The van der Waals surface area contributed by atoms with Gasteiger partial charge in [-0.05, 0) is 57.7 Å². The molecule has 4 heterocycles. The minimum atomic E-state index is -4.55. The highest BCUT2D eigenvalue weighted by atomic mass is 19.4. The minimum Gasteiger partial charge on any atom is -0.383 e. The van der Waals surface area contributed by atoms with Crippen LogP contribution in [0, 0.1) is 11.8 Å². The SMILES string of the molecule is CC(C)n1nc(-c2cnc(N)c(C(F)(F)F)c2)cc1C1[C@H]2CC(N3CC4(CN(C)CCO4)C3)C[C@@H]12. The standard InChI is InChI=1S/C25H33F3N6O/c1-14(2)34-21(9-20(31-34)15-6-19(25(26,27)28)23(29)30-10-15)22-17-7-16(8-18(17)22)33-12-24(13-33)11-32(3)4-5-35-24/h6,9-10,14,16-18,22H,4-5,7-8,11-13H2,1-3H3,(H2,29,30)/t16?,17-,18+,22?. The Morgan fingerprint density at radius 2 is 1.86 bits per heavy atom. The van der Waals surface area contributed by atoms with Gasteiger partial charge >= 0.3 is 6.18 Å². The zero-order valence-corrected chi connectivity index (χ0v) is 20.4. The molecule has 2 aromatic heterocycles. The molecule has 0 aromatic carbocycles. The summed E-state index contributed by atoms with van der Waals surface area (Å²) in [6, 6.07) is 3.76. The largest absolute Gasteiger partial charge is 0.419 e. The summed E-state index contributed by atoms with van der Waals surface area (Å²) in [5.41, 5.74) is 6.60. The number of nitrogens with zero attached hydrogens (tertiary/aromatic N) is 5. The summed E-state index contributed by atoms with van der Waals surface area (Å²) in [7, 11) is 2.17. The maximum Gasteiger partial charge on any atom is 0.419 e. The molecular weight excluding hydrogens is 457 g/mol. The number of hydrogen-bond donors (Lipinski definition) is 1. The van der Waals surface area contributed by atoms with Crippen LogP contribution < -0.4 is 5.73 Å². The molecule has 2 aliphatic heterocycles. The number of morpholine rings is 1. The summed E-state index contributed by atoms with van der Waals surface area (Å²) in [6.07, 6.45) is -0.828. The van der Waals surface area contributed by atoms with E-state index in [0.717, 1.165) is 44.5 Å². The second kappa shape index (κ2) is 7.91. The van der Waals surface area contributed by atoms with E-state index in [1.807, 2.05) is 10.7 Å². The van der Waals surface area contributed by atoms with Crippen molar-refractivity contribution in [2.75, 3.05) is 45.6 Å². The highest BCUT2D eigenvalue weighted by molar-refractivity contribution is 5.63. The first-order valence-corrected chi connectivity index (χ1v) is 12.5. The monoisotopic (exact) mass is 490 g/mol. The van der Waals surface area contributed by atoms with Crippen LogP contribution in [0.25, 0.3) is 11.3 Å². The lowest BCUT2D eigenvalue weighted by atomic mass is 9.88. The fourth-order valence-corrected chi connectivity index (χ4v) is 6.78. The van der Waals surface area contributed by atoms with Gasteiger partial charge in [-0.2, -0.15) is 18.3 Å². The van der Waals surface area contributed by atoms with E-state index >= 15 is 0 Å². The van der Waals surface area contributed by atoms with Crippen LogP contribution in [0.15, 0.2) is 18.3 Å². The second-order valence-electron chi connectivity index (χ2n) is 11.3. The molecule has 2 unspecified atom stereocenters. The average molecular weight is 491 g/mol. The minimum absolute atomic E-state index is 0.0206. The van der Waals surface area contributed by atoms with Gasteiger partial charge in [-0.1, -0.05) is 0 Å². The van der Waals surface area contributed by atoms with Crippen molar-refractivity contribution in [3.05, 3.63) is 29.6 Å². The fraction of sp³-hybridized carbons (Fsp3) is 0.680. The Morgan fingerprint density at radius 1 is 1.14 bits per heavy atom. The van der Waals surface area contributed by atoms with E-state index in [0.29, 0.717) is 35.1 Å². The number of anilines is 1. The first-order valence-electron chi connectivity index (χ1n) is 12.5. The third kappa shape index (κ3) is 3.94. The van der Waals surface area contributed by atoms with E-state index < -0.39 is 17.6 Å². The highest BCUT2D eigenvalue weighted by Gasteiger charge is 2.61. The molecule has 1 spiro atoms. The molecule has 0 bridgehead atoms. The molecule has 2 aliphatic carbocycles. The maximum absolute atomic E-state index is 13.4. The third-order valence-corrected chi connectivity index (χ3v) is 8.47. The number of fused-ring (bicyclic) bond motifs is 1. The van der Waals surface area contributed by atoms with Crippen LogP contribution in [0.2, 0.25) is 0 Å². The molecule has 2 aromatic rings. The molecule has 190 valence electrons. The number of hydrogen-bond acceptors (Lipinski definition) is 6. The number of ether oxygens (including phenoxy) is 1. The molecule has 4 aliphatic rings. The number of nitrogen functional groups attached to an aromatic ring is 1. The maximum atomic E-state index is 13.4. The first-order chi connectivity index (χ1) is 16.5. The lowest BCUT2D eigenvalue weighted by Crippen LogP contribution is -2.71. The Kier molecular flexibility index (Phi) is 5.26. The summed E-state index contributed by atoms with van der Waals surface area (Å²) in [5, 5.41) is 4.70. The van der Waals surface area contributed by atoms with Crippen molar-refractivity contribution in [2.24, 2.45) is 11.8 Å². The van der Waals surface area contributed by atoms with Crippen molar-refractivity contribution in [3.8, 4) is 11.3 Å². The lowest BCUT2D eigenvalue weighted by Gasteiger charge is -2.55. The summed E-state index contributed by atoms with van der Waals surface area (Å²) in [5.74, 6) is 1.14. The van der Waals surface area contributed by atoms with E-state index in [1.54, 1.807) is 0 Å². The van der Waals surface area contributed by atoms with Gasteiger partial charge in [0, 0.05) is 61.6 Å². The number of likely N-dealkylation sites (tertiary alicyclic amines) is 1. The van der Waals surface area contributed by atoms with E-state index in [1.165, 1.54) is 19.0 Å². The van der Waals surface area contributed by atoms with Gasteiger partial charge in [0.25, 0.3) is 0 Å². The highest BCUT2D eigenvalue weighted by Crippen LogP contribution is 2.64. The van der Waals surface area contributed by atoms with Crippen molar-refractivity contribution in [3.63, 3.8) is 0 Å². The summed E-state index contributed by atoms with van der Waals surface area (Å²) >= 11 is 0. The molecule has 4 fully saturated rings. The zero-order chi connectivity index (χ0) is 24.7. The van der Waals surface area contributed by atoms with Crippen molar-refractivity contribution in [2.45, 2.75) is 56.5 Å². The van der Waals surface area contributed by atoms with Crippen molar-refractivity contribution < 1.29 is 17.9 Å². The molecular formula is C25H33F3N6O. The van der Waals surface area contributed by atoms with Crippen LogP contribution in [0.4, 0.5) is 19.0 Å². The van der Waals surface area contributed by atoms with Crippen LogP contribution in [-0.4, -0.2) is 76.0 Å². The molecule has 2 saturated carbocycles. The second-order valence-corrected chi connectivity index (χ2v) is 11.3. The topological polar surface area (TPSA) is 72.4 Å². The number of rotatable bonds is 4. The van der Waals surface area contributed by atoms with Gasteiger partial charge in [-0.3, -0.25) is 9.58 Å². The van der Waals surface area contributed by atoms with E-state index in [4.69, 9.17) is 15.6 Å². The molecule has 0 amide bonds. The van der Waals surface area contributed by atoms with E-state index in [-0.39, 0.29) is 11.6 Å².